The van der Waals surface area contributed by atoms with Crippen LogP contribution < -0.4 is 16.0 Å². The Balaban J connectivity index is 1.59. The molecule has 0 atom stereocenters. The molecular formula is C23H24N4O4S. The average molecular weight is 453 g/mol. The Morgan fingerprint density at radius 3 is 2.47 bits per heavy atom. The fourth-order valence-electron chi connectivity index (χ4n) is 3.99. The second-order valence-electron chi connectivity index (χ2n) is 7.90. The second-order valence-corrected chi connectivity index (χ2v) is 8.29. The number of ether oxygens (including phenoxy) is 1. The van der Waals surface area contributed by atoms with Gasteiger partial charge in [-0.05, 0) is 61.0 Å². The summed E-state index contributed by atoms with van der Waals surface area (Å²) in [7, 11) is 1.60. The van der Waals surface area contributed by atoms with E-state index in [1.807, 2.05) is 24.3 Å². The molecule has 2 heterocycles. The number of hydrogen-bond acceptors (Lipinski definition) is 5. The summed E-state index contributed by atoms with van der Waals surface area (Å²) in [6.07, 6.45) is 1.13. The number of carbonyl (C=O) groups is 2. The molecule has 0 bridgehead atoms. The van der Waals surface area contributed by atoms with Gasteiger partial charge in [-0.3, -0.25) is 19.0 Å². The maximum absolute atomic E-state index is 13.1. The SMILES string of the molecule is COc1ccc(Cn2c(=S)[nH]c3cc(C(=O)N4CCC(C(N)=O)CC4)ccc3c2=O)cc1. The van der Waals surface area contributed by atoms with Gasteiger partial charge in [-0.1, -0.05) is 12.1 Å². The summed E-state index contributed by atoms with van der Waals surface area (Å²) in [5, 5.41) is 0.455. The van der Waals surface area contributed by atoms with E-state index in [1.165, 1.54) is 4.57 Å². The highest BCUT2D eigenvalue weighted by Crippen LogP contribution is 2.20. The van der Waals surface area contributed by atoms with Gasteiger partial charge in [-0.2, -0.15) is 0 Å². The molecule has 2 amide bonds. The number of piperidine rings is 1. The first kappa shape index (κ1) is 21.8. The van der Waals surface area contributed by atoms with Crippen molar-refractivity contribution in [2.75, 3.05) is 20.2 Å². The molecule has 1 aliphatic heterocycles. The monoisotopic (exact) mass is 452 g/mol. The molecule has 3 N–H and O–H groups in total. The molecule has 8 nitrogen and oxygen atoms in total. The van der Waals surface area contributed by atoms with E-state index < -0.39 is 0 Å². The molecule has 0 spiro atoms. The molecule has 1 fully saturated rings. The summed E-state index contributed by atoms with van der Waals surface area (Å²) >= 11 is 5.43. The Morgan fingerprint density at radius 2 is 1.84 bits per heavy atom. The number of hydrogen-bond donors (Lipinski definition) is 2. The standard InChI is InChI=1S/C23H24N4O4S/c1-31-17-5-2-14(3-6-17)13-27-22(30)18-7-4-16(12-19(18)25-23(27)32)21(29)26-10-8-15(9-11-26)20(24)28/h2-7,12,15H,8-11,13H2,1H3,(H2,24,28)(H,25,32). The number of nitrogens with two attached hydrogens (primary N) is 1. The lowest BCUT2D eigenvalue weighted by Gasteiger charge is -2.30. The van der Waals surface area contributed by atoms with Crippen LogP contribution in [0.3, 0.4) is 0 Å². The molecule has 0 unspecified atom stereocenters. The quantitative estimate of drug-likeness (QED) is 0.578. The molecule has 1 saturated heterocycles. The van der Waals surface area contributed by atoms with Crippen LogP contribution in [0.4, 0.5) is 0 Å². The zero-order valence-electron chi connectivity index (χ0n) is 17.7. The summed E-state index contributed by atoms with van der Waals surface area (Å²) in [4.78, 5) is 42.1. The number of carbonyl (C=O) groups excluding carboxylic acids is 2. The predicted molar refractivity (Wildman–Crippen MR) is 123 cm³/mol. The van der Waals surface area contributed by atoms with E-state index in [4.69, 9.17) is 22.7 Å². The van der Waals surface area contributed by atoms with Crippen LogP contribution in [0.5, 0.6) is 5.75 Å². The Bertz CT molecular complexity index is 1290. The highest BCUT2D eigenvalue weighted by Gasteiger charge is 2.26. The summed E-state index contributed by atoms with van der Waals surface area (Å²) in [6.45, 7) is 1.28. The number of fused-ring (bicyclic) bond motifs is 1. The molecule has 166 valence electrons. The van der Waals surface area contributed by atoms with Gasteiger partial charge in [0.05, 0.1) is 24.6 Å². The summed E-state index contributed by atoms with van der Waals surface area (Å²) in [6, 6.07) is 12.4. The number of H-pyrrole nitrogens is 1. The first-order valence-corrected chi connectivity index (χ1v) is 10.8. The van der Waals surface area contributed by atoms with Crippen LogP contribution in [0.1, 0.15) is 28.8 Å². The molecule has 1 aromatic heterocycles. The zero-order chi connectivity index (χ0) is 22.8. The Labute approximate surface area is 189 Å². The average Bonchev–Trinajstić information content (AvgIpc) is 2.81. The van der Waals surface area contributed by atoms with Crippen LogP contribution in [0, 0.1) is 10.7 Å². The number of amides is 2. The third-order valence-electron chi connectivity index (χ3n) is 5.91. The third kappa shape index (κ3) is 4.29. The van der Waals surface area contributed by atoms with Gasteiger partial charge in [0.25, 0.3) is 11.5 Å². The number of methoxy groups -OCH3 is 1. The number of aromatic nitrogens is 2. The van der Waals surface area contributed by atoms with Crippen LogP contribution in [-0.4, -0.2) is 46.5 Å². The van der Waals surface area contributed by atoms with Crippen molar-refractivity contribution in [3.05, 3.63) is 68.7 Å². The fraction of sp³-hybridized carbons (Fsp3) is 0.304. The zero-order valence-corrected chi connectivity index (χ0v) is 18.5. The summed E-state index contributed by atoms with van der Waals surface area (Å²) in [5.74, 6) is 0.0922. The lowest BCUT2D eigenvalue weighted by Crippen LogP contribution is -2.41. The van der Waals surface area contributed by atoms with E-state index >= 15 is 0 Å². The van der Waals surface area contributed by atoms with Crippen molar-refractivity contribution in [2.24, 2.45) is 11.7 Å². The van der Waals surface area contributed by atoms with Crippen LogP contribution in [0.15, 0.2) is 47.3 Å². The predicted octanol–water partition coefficient (Wildman–Crippen LogP) is 2.45. The number of primary amides is 1. The van der Waals surface area contributed by atoms with E-state index in [0.717, 1.165) is 11.3 Å². The molecule has 4 rings (SSSR count). The van der Waals surface area contributed by atoms with Gasteiger partial charge in [0, 0.05) is 24.6 Å². The third-order valence-corrected chi connectivity index (χ3v) is 6.24. The second kappa shape index (κ2) is 8.96. The van der Waals surface area contributed by atoms with Gasteiger partial charge in [0.15, 0.2) is 4.77 Å². The molecule has 3 aromatic rings. The number of likely N-dealkylation sites (tertiary alicyclic amines) is 1. The van der Waals surface area contributed by atoms with Crippen molar-refractivity contribution in [3.8, 4) is 5.75 Å². The number of aromatic amines is 1. The highest BCUT2D eigenvalue weighted by molar-refractivity contribution is 7.71. The van der Waals surface area contributed by atoms with Gasteiger partial charge in [0.2, 0.25) is 5.91 Å². The van der Waals surface area contributed by atoms with Crippen molar-refractivity contribution >= 4 is 34.9 Å². The summed E-state index contributed by atoms with van der Waals surface area (Å²) in [5.41, 5.74) is 7.05. The maximum atomic E-state index is 13.1. The number of nitrogens with zero attached hydrogens (tertiary/aromatic N) is 2. The minimum Gasteiger partial charge on any atom is -0.497 e. The lowest BCUT2D eigenvalue weighted by molar-refractivity contribution is -0.123. The van der Waals surface area contributed by atoms with Crippen molar-refractivity contribution in [1.82, 2.24) is 14.5 Å². The molecule has 0 aliphatic carbocycles. The Hall–Kier alpha value is -3.46. The minimum atomic E-state index is -0.318. The molecule has 1 aliphatic rings. The van der Waals surface area contributed by atoms with Gasteiger partial charge >= 0.3 is 0 Å². The van der Waals surface area contributed by atoms with Crippen LogP contribution in [-0.2, 0) is 11.3 Å². The Kier molecular flexibility index (Phi) is 6.09. The smallest absolute Gasteiger partial charge is 0.262 e. The van der Waals surface area contributed by atoms with Crippen molar-refractivity contribution in [1.29, 1.82) is 0 Å². The minimum absolute atomic E-state index is 0.142. The largest absolute Gasteiger partial charge is 0.497 e. The van der Waals surface area contributed by atoms with Crippen LogP contribution in [0.2, 0.25) is 0 Å². The number of rotatable bonds is 5. The van der Waals surface area contributed by atoms with E-state index in [1.54, 1.807) is 30.2 Å². The van der Waals surface area contributed by atoms with Crippen LogP contribution in [0.25, 0.3) is 10.9 Å². The maximum Gasteiger partial charge on any atom is 0.262 e. The van der Waals surface area contributed by atoms with Gasteiger partial charge in [-0.15, -0.1) is 0 Å². The Morgan fingerprint density at radius 1 is 1.16 bits per heavy atom. The summed E-state index contributed by atoms with van der Waals surface area (Å²) < 4.78 is 6.95. The van der Waals surface area contributed by atoms with E-state index in [0.29, 0.717) is 48.9 Å². The van der Waals surface area contributed by atoms with Crippen molar-refractivity contribution in [3.63, 3.8) is 0 Å². The van der Waals surface area contributed by atoms with Gasteiger partial charge in [-0.25, -0.2) is 0 Å². The highest BCUT2D eigenvalue weighted by atomic mass is 32.1. The number of nitrogens with one attached hydrogen (secondary N) is 1. The molecular weight excluding hydrogens is 428 g/mol. The topological polar surface area (TPSA) is 110 Å². The van der Waals surface area contributed by atoms with E-state index in [9.17, 15) is 14.4 Å². The molecule has 9 heteroatoms. The van der Waals surface area contributed by atoms with Crippen molar-refractivity contribution in [2.45, 2.75) is 19.4 Å². The lowest BCUT2D eigenvalue weighted by atomic mass is 9.96. The van der Waals surface area contributed by atoms with Crippen LogP contribution >= 0.6 is 12.2 Å². The van der Waals surface area contributed by atoms with Gasteiger partial charge < -0.3 is 20.4 Å². The van der Waals surface area contributed by atoms with Gasteiger partial charge in [0.1, 0.15) is 5.75 Å². The van der Waals surface area contributed by atoms with E-state index in [-0.39, 0.29) is 28.1 Å². The molecule has 32 heavy (non-hydrogen) atoms. The first-order chi connectivity index (χ1) is 15.4. The van der Waals surface area contributed by atoms with E-state index in [2.05, 4.69) is 4.98 Å². The van der Waals surface area contributed by atoms with Crippen molar-refractivity contribution < 1.29 is 14.3 Å². The number of benzene rings is 2. The first-order valence-electron chi connectivity index (χ1n) is 10.4. The molecule has 0 saturated carbocycles. The normalized spacial score (nSPS) is 14.5. The fourth-order valence-corrected chi connectivity index (χ4v) is 4.25. The molecule has 0 radical (unpaired) electrons. The molecule has 2 aromatic carbocycles.